The molecular formula is C14H21NO5. The van der Waals surface area contributed by atoms with E-state index in [-0.39, 0.29) is 5.91 Å². The van der Waals surface area contributed by atoms with Crippen molar-refractivity contribution in [3.8, 4) is 0 Å². The number of hydrogen-bond acceptors (Lipinski definition) is 4. The lowest BCUT2D eigenvalue weighted by Gasteiger charge is -2.36. The van der Waals surface area contributed by atoms with E-state index in [0.717, 1.165) is 19.3 Å². The SMILES string of the molecule is COC(=O)C1CCCCN1C(=O)[C@@H]1CCC[C@@H]1C(=O)O. The fraction of sp³-hybridized carbons (Fsp3) is 0.786. The molecule has 112 valence electrons. The summed E-state index contributed by atoms with van der Waals surface area (Å²) in [5.74, 6) is -2.60. The Bertz CT molecular complexity index is 408. The first-order valence-electron chi connectivity index (χ1n) is 7.17. The summed E-state index contributed by atoms with van der Waals surface area (Å²) < 4.78 is 4.76. The van der Waals surface area contributed by atoms with Crippen LogP contribution in [-0.4, -0.2) is 47.5 Å². The van der Waals surface area contributed by atoms with Gasteiger partial charge in [0.25, 0.3) is 0 Å². The Morgan fingerprint density at radius 2 is 1.75 bits per heavy atom. The molecule has 1 aliphatic heterocycles. The maximum Gasteiger partial charge on any atom is 0.328 e. The highest BCUT2D eigenvalue weighted by molar-refractivity contribution is 5.89. The largest absolute Gasteiger partial charge is 0.481 e. The number of aliphatic carboxylic acids is 1. The lowest BCUT2D eigenvalue weighted by Crippen LogP contribution is -2.51. The van der Waals surface area contributed by atoms with Gasteiger partial charge >= 0.3 is 11.9 Å². The van der Waals surface area contributed by atoms with Gasteiger partial charge in [-0.2, -0.15) is 0 Å². The standard InChI is InChI=1S/C14H21NO5/c1-20-14(19)11-7-2-3-8-15(11)12(16)9-5-4-6-10(9)13(17)18/h9-11H,2-8H2,1H3,(H,17,18)/t9-,10+,11?/m1/s1. The fourth-order valence-corrected chi connectivity index (χ4v) is 3.34. The Kier molecular flexibility index (Phi) is 4.62. The molecule has 3 atom stereocenters. The molecule has 0 aromatic rings. The third-order valence-electron chi connectivity index (χ3n) is 4.41. The van der Waals surface area contributed by atoms with Crippen LogP contribution in [0.2, 0.25) is 0 Å². The van der Waals surface area contributed by atoms with Crippen molar-refractivity contribution in [2.45, 2.75) is 44.6 Å². The Balaban J connectivity index is 2.13. The summed E-state index contributed by atoms with van der Waals surface area (Å²) in [4.78, 5) is 37.1. The lowest BCUT2D eigenvalue weighted by molar-refractivity contribution is -0.158. The maximum atomic E-state index is 12.6. The van der Waals surface area contributed by atoms with Gasteiger partial charge in [0, 0.05) is 6.54 Å². The number of amides is 1. The van der Waals surface area contributed by atoms with Gasteiger partial charge in [0.15, 0.2) is 0 Å². The molecule has 1 N–H and O–H groups in total. The molecule has 20 heavy (non-hydrogen) atoms. The molecule has 1 unspecified atom stereocenters. The number of hydrogen-bond donors (Lipinski definition) is 1. The van der Waals surface area contributed by atoms with Crippen LogP contribution < -0.4 is 0 Å². The molecule has 0 radical (unpaired) electrons. The van der Waals surface area contributed by atoms with E-state index in [9.17, 15) is 19.5 Å². The summed E-state index contributed by atoms with van der Waals surface area (Å²) >= 11 is 0. The van der Waals surface area contributed by atoms with Gasteiger partial charge in [-0.25, -0.2) is 4.79 Å². The van der Waals surface area contributed by atoms with E-state index in [0.29, 0.717) is 25.8 Å². The van der Waals surface area contributed by atoms with Gasteiger partial charge in [0.05, 0.1) is 18.9 Å². The van der Waals surface area contributed by atoms with Gasteiger partial charge in [-0.1, -0.05) is 6.42 Å². The number of carboxylic acids is 1. The van der Waals surface area contributed by atoms with Gasteiger partial charge in [0.1, 0.15) is 6.04 Å². The molecule has 0 bridgehead atoms. The number of esters is 1. The van der Waals surface area contributed by atoms with Crippen LogP contribution in [-0.2, 0) is 19.1 Å². The van der Waals surface area contributed by atoms with Crippen molar-refractivity contribution in [1.29, 1.82) is 0 Å². The van der Waals surface area contributed by atoms with Gasteiger partial charge in [0.2, 0.25) is 5.91 Å². The highest BCUT2D eigenvalue weighted by atomic mass is 16.5. The molecule has 1 heterocycles. The van der Waals surface area contributed by atoms with E-state index < -0.39 is 29.8 Å². The minimum Gasteiger partial charge on any atom is -0.481 e. The van der Waals surface area contributed by atoms with Gasteiger partial charge in [-0.3, -0.25) is 9.59 Å². The Labute approximate surface area is 118 Å². The molecule has 2 fully saturated rings. The molecule has 1 saturated carbocycles. The van der Waals surface area contributed by atoms with Crippen molar-refractivity contribution < 1.29 is 24.2 Å². The lowest BCUT2D eigenvalue weighted by atomic mass is 9.92. The zero-order chi connectivity index (χ0) is 14.7. The van der Waals surface area contributed by atoms with E-state index >= 15 is 0 Å². The van der Waals surface area contributed by atoms with Crippen LogP contribution in [0.4, 0.5) is 0 Å². The highest BCUT2D eigenvalue weighted by Crippen LogP contribution is 2.35. The first-order valence-corrected chi connectivity index (χ1v) is 7.17. The predicted molar refractivity (Wildman–Crippen MR) is 69.8 cm³/mol. The monoisotopic (exact) mass is 283 g/mol. The van der Waals surface area contributed by atoms with Gasteiger partial charge in [-0.15, -0.1) is 0 Å². The summed E-state index contributed by atoms with van der Waals surface area (Å²) in [6.07, 6.45) is 4.23. The molecule has 1 saturated heterocycles. The molecule has 6 nitrogen and oxygen atoms in total. The molecule has 0 spiro atoms. The smallest absolute Gasteiger partial charge is 0.328 e. The number of rotatable bonds is 3. The first-order chi connectivity index (χ1) is 9.56. The molecule has 2 rings (SSSR count). The predicted octanol–water partition coefficient (Wildman–Crippen LogP) is 1.04. The molecule has 0 aromatic heterocycles. The van der Waals surface area contributed by atoms with E-state index in [1.165, 1.54) is 7.11 Å². The second kappa shape index (κ2) is 6.24. The molecule has 2 aliphatic rings. The number of methoxy groups -OCH3 is 1. The van der Waals surface area contributed by atoms with Crippen molar-refractivity contribution in [2.24, 2.45) is 11.8 Å². The average Bonchev–Trinajstić information content (AvgIpc) is 2.95. The van der Waals surface area contributed by atoms with Crippen LogP contribution >= 0.6 is 0 Å². The third kappa shape index (κ3) is 2.78. The number of carbonyl (C=O) groups excluding carboxylic acids is 2. The number of likely N-dealkylation sites (tertiary alicyclic amines) is 1. The molecule has 6 heteroatoms. The highest BCUT2D eigenvalue weighted by Gasteiger charge is 2.43. The first kappa shape index (κ1) is 14.8. The van der Waals surface area contributed by atoms with E-state index in [4.69, 9.17) is 4.74 Å². The Hall–Kier alpha value is -1.59. The molecule has 1 aliphatic carbocycles. The second-order valence-electron chi connectivity index (χ2n) is 5.55. The summed E-state index contributed by atoms with van der Waals surface area (Å²) in [7, 11) is 1.31. The minimum absolute atomic E-state index is 0.190. The third-order valence-corrected chi connectivity index (χ3v) is 4.41. The summed E-state index contributed by atoms with van der Waals surface area (Å²) in [5.41, 5.74) is 0. The average molecular weight is 283 g/mol. The quantitative estimate of drug-likeness (QED) is 0.782. The molecule has 0 aromatic carbocycles. The molecular weight excluding hydrogens is 262 g/mol. The van der Waals surface area contributed by atoms with E-state index in [1.54, 1.807) is 4.90 Å². The summed E-state index contributed by atoms with van der Waals surface area (Å²) in [5, 5.41) is 9.19. The van der Waals surface area contributed by atoms with Crippen molar-refractivity contribution in [2.75, 3.05) is 13.7 Å². The number of carbonyl (C=O) groups is 3. The van der Waals surface area contributed by atoms with Crippen molar-refractivity contribution >= 4 is 17.8 Å². The van der Waals surface area contributed by atoms with Crippen LogP contribution in [0.3, 0.4) is 0 Å². The number of carboxylic acid groups (broad SMARTS) is 1. The van der Waals surface area contributed by atoms with Crippen LogP contribution in [0, 0.1) is 11.8 Å². The van der Waals surface area contributed by atoms with Crippen LogP contribution in [0.1, 0.15) is 38.5 Å². The van der Waals surface area contributed by atoms with Crippen molar-refractivity contribution in [1.82, 2.24) is 4.90 Å². The Morgan fingerprint density at radius 1 is 1.05 bits per heavy atom. The van der Waals surface area contributed by atoms with Crippen molar-refractivity contribution in [3.63, 3.8) is 0 Å². The normalized spacial score (nSPS) is 30.1. The van der Waals surface area contributed by atoms with Gasteiger partial charge in [-0.05, 0) is 32.1 Å². The van der Waals surface area contributed by atoms with Gasteiger partial charge < -0.3 is 14.7 Å². The fourth-order valence-electron chi connectivity index (χ4n) is 3.34. The van der Waals surface area contributed by atoms with Crippen molar-refractivity contribution in [3.05, 3.63) is 0 Å². The zero-order valence-electron chi connectivity index (χ0n) is 11.7. The zero-order valence-corrected chi connectivity index (χ0v) is 11.7. The van der Waals surface area contributed by atoms with E-state index in [2.05, 4.69) is 0 Å². The maximum absolute atomic E-state index is 12.6. The Morgan fingerprint density at radius 3 is 2.40 bits per heavy atom. The summed E-state index contributed by atoms with van der Waals surface area (Å²) in [6.45, 7) is 0.515. The number of ether oxygens (including phenoxy) is 1. The van der Waals surface area contributed by atoms with Crippen LogP contribution in [0.5, 0.6) is 0 Å². The summed E-state index contributed by atoms with van der Waals surface area (Å²) in [6, 6.07) is -0.545. The minimum atomic E-state index is -0.910. The van der Waals surface area contributed by atoms with E-state index in [1.807, 2.05) is 0 Å². The van der Waals surface area contributed by atoms with Crippen LogP contribution in [0.15, 0.2) is 0 Å². The number of piperidine rings is 1. The number of nitrogens with zero attached hydrogens (tertiary/aromatic N) is 1. The second-order valence-corrected chi connectivity index (χ2v) is 5.55. The topological polar surface area (TPSA) is 83.9 Å². The van der Waals surface area contributed by atoms with Crippen LogP contribution in [0.25, 0.3) is 0 Å². The molecule has 1 amide bonds.